The molecule has 0 fully saturated rings. The van der Waals surface area contributed by atoms with Crippen LogP contribution < -0.4 is 5.32 Å². The summed E-state index contributed by atoms with van der Waals surface area (Å²) >= 11 is 12.4. The molecule has 0 saturated carbocycles. The van der Waals surface area contributed by atoms with Gasteiger partial charge in [0.1, 0.15) is 0 Å². The average molecular weight is 326 g/mol. The first-order valence-electron chi connectivity index (χ1n) is 7.27. The summed E-state index contributed by atoms with van der Waals surface area (Å²) in [6.07, 6.45) is 0.809. The van der Waals surface area contributed by atoms with Crippen LogP contribution in [0.2, 0.25) is 10.0 Å². The van der Waals surface area contributed by atoms with Crippen LogP contribution in [0, 0.1) is 6.92 Å². The van der Waals surface area contributed by atoms with Gasteiger partial charge in [0, 0.05) is 24.0 Å². The molecule has 3 nitrogen and oxygen atoms in total. The highest BCUT2D eigenvalue weighted by Gasteiger charge is 2.18. The summed E-state index contributed by atoms with van der Waals surface area (Å²) in [5.74, 6) is 0. The van der Waals surface area contributed by atoms with Gasteiger partial charge in [-0.2, -0.15) is 5.10 Å². The van der Waals surface area contributed by atoms with Gasteiger partial charge in [-0.25, -0.2) is 0 Å². The van der Waals surface area contributed by atoms with Gasteiger partial charge in [-0.1, -0.05) is 42.3 Å². The number of halogens is 2. The highest BCUT2D eigenvalue weighted by Crippen LogP contribution is 2.26. The molecule has 1 heterocycles. The van der Waals surface area contributed by atoms with E-state index in [1.165, 1.54) is 5.56 Å². The first kappa shape index (κ1) is 16.3. The summed E-state index contributed by atoms with van der Waals surface area (Å²) in [7, 11) is 0. The molecule has 0 radical (unpaired) electrons. The molecule has 1 aromatic heterocycles. The molecule has 5 heteroatoms. The second kappa shape index (κ2) is 7.30. The molecule has 0 spiro atoms. The van der Waals surface area contributed by atoms with Crippen LogP contribution >= 0.6 is 23.2 Å². The lowest BCUT2D eigenvalue weighted by molar-refractivity contribution is 0.516. The summed E-state index contributed by atoms with van der Waals surface area (Å²) in [6.45, 7) is 7.85. The molecule has 0 bridgehead atoms. The Labute approximate surface area is 136 Å². The maximum Gasteiger partial charge on any atom is 0.0847 e. The molecule has 0 aliphatic rings. The number of benzene rings is 1. The van der Waals surface area contributed by atoms with Gasteiger partial charge in [0.15, 0.2) is 0 Å². The Kier molecular flexibility index (Phi) is 5.68. The smallest absolute Gasteiger partial charge is 0.0847 e. The quantitative estimate of drug-likeness (QED) is 0.852. The number of nitrogens with zero attached hydrogens (tertiary/aromatic N) is 2. The van der Waals surface area contributed by atoms with Crippen molar-refractivity contribution in [2.45, 2.75) is 39.8 Å². The lowest BCUT2D eigenvalue weighted by Gasteiger charge is -2.19. The molecule has 0 aliphatic carbocycles. The van der Waals surface area contributed by atoms with Gasteiger partial charge in [0.2, 0.25) is 0 Å². The number of aryl methyl sites for hydroxylation is 2. The van der Waals surface area contributed by atoms with Crippen LogP contribution in [0.5, 0.6) is 0 Å². The first-order valence-corrected chi connectivity index (χ1v) is 8.03. The predicted molar refractivity (Wildman–Crippen MR) is 89.2 cm³/mol. The van der Waals surface area contributed by atoms with Crippen molar-refractivity contribution in [2.24, 2.45) is 0 Å². The SMILES string of the molecule is CCNC(Cc1c(Cl)c(C)nn1CC)c1ccc(Cl)cc1. The molecular weight excluding hydrogens is 305 g/mol. The summed E-state index contributed by atoms with van der Waals surface area (Å²) in [4.78, 5) is 0. The molecule has 0 amide bonds. The van der Waals surface area contributed by atoms with Crippen molar-refractivity contribution in [1.29, 1.82) is 0 Å². The van der Waals surface area contributed by atoms with Crippen LogP contribution in [-0.4, -0.2) is 16.3 Å². The number of hydrogen-bond acceptors (Lipinski definition) is 2. The third-order valence-electron chi connectivity index (χ3n) is 3.57. The molecule has 1 unspecified atom stereocenters. The van der Waals surface area contributed by atoms with E-state index in [0.29, 0.717) is 0 Å². The van der Waals surface area contributed by atoms with Gasteiger partial charge in [-0.15, -0.1) is 0 Å². The summed E-state index contributed by atoms with van der Waals surface area (Å²) in [5, 5.41) is 9.52. The Morgan fingerprint density at radius 2 is 1.86 bits per heavy atom. The van der Waals surface area contributed by atoms with Crippen molar-refractivity contribution < 1.29 is 0 Å². The summed E-state index contributed by atoms with van der Waals surface area (Å²) in [5.41, 5.74) is 3.18. The zero-order valence-electron chi connectivity index (χ0n) is 12.7. The lowest BCUT2D eigenvalue weighted by Crippen LogP contribution is -2.24. The van der Waals surface area contributed by atoms with Crippen molar-refractivity contribution in [3.63, 3.8) is 0 Å². The minimum atomic E-state index is 0.200. The molecule has 1 N–H and O–H groups in total. The van der Waals surface area contributed by atoms with Crippen LogP contribution in [0.1, 0.15) is 36.8 Å². The number of nitrogens with one attached hydrogen (secondary N) is 1. The Morgan fingerprint density at radius 1 is 1.19 bits per heavy atom. The second-order valence-electron chi connectivity index (χ2n) is 5.03. The maximum atomic E-state index is 6.42. The second-order valence-corrected chi connectivity index (χ2v) is 5.84. The van der Waals surface area contributed by atoms with Crippen LogP contribution in [0.3, 0.4) is 0 Å². The molecular formula is C16H21Cl2N3. The topological polar surface area (TPSA) is 29.9 Å². The van der Waals surface area contributed by atoms with Crippen LogP contribution in [0.25, 0.3) is 0 Å². The standard InChI is InChI=1S/C16H21Cl2N3/c1-4-19-14(12-6-8-13(17)9-7-12)10-15-16(18)11(3)20-21(15)5-2/h6-9,14,19H,4-5,10H2,1-3H3. The zero-order valence-corrected chi connectivity index (χ0v) is 14.2. The van der Waals surface area contributed by atoms with E-state index in [0.717, 1.165) is 40.9 Å². The van der Waals surface area contributed by atoms with E-state index >= 15 is 0 Å². The molecule has 0 aliphatic heterocycles. The fraction of sp³-hybridized carbons (Fsp3) is 0.438. The molecule has 114 valence electrons. The molecule has 2 aromatic rings. The molecule has 0 saturated heterocycles. The fourth-order valence-electron chi connectivity index (χ4n) is 2.51. The van der Waals surface area contributed by atoms with Crippen molar-refractivity contribution in [3.05, 3.63) is 51.3 Å². The van der Waals surface area contributed by atoms with E-state index in [-0.39, 0.29) is 6.04 Å². The van der Waals surface area contributed by atoms with E-state index in [9.17, 15) is 0 Å². The Hall–Kier alpha value is -1.03. The minimum Gasteiger partial charge on any atom is -0.310 e. The van der Waals surface area contributed by atoms with Gasteiger partial charge < -0.3 is 5.32 Å². The van der Waals surface area contributed by atoms with Crippen LogP contribution in [-0.2, 0) is 13.0 Å². The van der Waals surface area contributed by atoms with Crippen molar-refractivity contribution in [1.82, 2.24) is 15.1 Å². The number of likely N-dealkylation sites (N-methyl/N-ethyl adjacent to an activating group) is 1. The Morgan fingerprint density at radius 3 is 2.43 bits per heavy atom. The average Bonchev–Trinajstić information content (AvgIpc) is 2.75. The Balaban J connectivity index is 2.30. The lowest BCUT2D eigenvalue weighted by atomic mass is 10.0. The van der Waals surface area contributed by atoms with Gasteiger partial charge in [0.05, 0.1) is 16.4 Å². The van der Waals surface area contributed by atoms with Crippen molar-refractivity contribution in [3.8, 4) is 0 Å². The monoisotopic (exact) mass is 325 g/mol. The van der Waals surface area contributed by atoms with E-state index < -0.39 is 0 Å². The van der Waals surface area contributed by atoms with Gasteiger partial charge in [0.25, 0.3) is 0 Å². The normalized spacial score (nSPS) is 12.6. The van der Waals surface area contributed by atoms with Gasteiger partial charge >= 0.3 is 0 Å². The maximum absolute atomic E-state index is 6.42. The number of aromatic nitrogens is 2. The fourth-order valence-corrected chi connectivity index (χ4v) is 2.85. The predicted octanol–water partition coefficient (Wildman–Crippen LogP) is 4.41. The number of hydrogen-bond donors (Lipinski definition) is 1. The van der Waals surface area contributed by atoms with Crippen molar-refractivity contribution in [2.75, 3.05) is 6.54 Å². The molecule has 2 rings (SSSR count). The summed E-state index contributed by atoms with van der Waals surface area (Å²) < 4.78 is 1.98. The third-order valence-corrected chi connectivity index (χ3v) is 4.32. The highest BCUT2D eigenvalue weighted by molar-refractivity contribution is 6.31. The van der Waals surface area contributed by atoms with Crippen LogP contribution in [0.4, 0.5) is 0 Å². The Bertz CT molecular complexity index is 590. The summed E-state index contributed by atoms with van der Waals surface area (Å²) in [6, 6.07) is 8.16. The molecule has 21 heavy (non-hydrogen) atoms. The van der Waals surface area contributed by atoms with Crippen LogP contribution in [0.15, 0.2) is 24.3 Å². The van der Waals surface area contributed by atoms with Gasteiger partial charge in [-0.3, -0.25) is 4.68 Å². The first-order chi connectivity index (χ1) is 10.1. The van der Waals surface area contributed by atoms with E-state index in [4.69, 9.17) is 23.2 Å². The van der Waals surface area contributed by atoms with E-state index in [2.05, 4.69) is 36.4 Å². The van der Waals surface area contributed by atoms with E-state index in [1.54, 1.807) is 0 Å². The van der Waals surface area contributed by atoms with Gasteiger partial charge in [-0.05, 0) is 38.1 Å². The highest BCUT2D eigenvalue weighted by atomic mass is 35.5. The molecule has 1 aromatic carbocycles. The zero-order chi connectivity index (χ0) is 15.4. The number of rotatable bonds is 6. The van der Waals surface area contributed by atoms with Crippen molar-refractivity contribution >= 4 is 23.2 Å². The minimum absolute atomic E-state index is 0.200. The molecule has 1 atom stereocenters. The third kappa shape index (κ3) is 3.79. The van der Waals surface area contributed by atoms with E-state index in [1.807, 2.05) is 23.7 Å². The largest absolute Gasteiger partial charge is 0.310 e.